The van der Waals surface area contributed by atoms with Crippen LogP contribution in [0.5, 0.6) is 5.75 Å². The number of sulfonamides is 1. The van der Waals surface area contributed by atoms with Crippen molar-refractivity contribution in [1.82, 2.24) is 4.31 Å². The fourth-order valence-corrected chi connectivity index (χ4v) is 4.55. The van der Waals surface area contributed by atoms with E-state index in [1.54, 1.807) is 13.0 Å². The summed E-state index contributed by atoms with van der Waals surface area (Å²) >= 11 is 0. The highest BCUT2D eigenvalue weighted by Gasteiger charge is 2.49. The Morgan fingerprint density at radius 3 is 2.55 bits per heavy atom. The SMILES string of the molecule is COc1ccc(C)c(S(=O)(=O)N2CCCCC2C(F)(F)F)c1. The van der Waals surface area contributed by atoms with Crippen LogP contribution in [-0.4, -0.2) is 38.6 Å². The molecule has 2 rings (SSSR count). The summed E-state index contributed by atoms with van der Waals surface area (Å²) in [5.41, 5.74) is 0.396. The van der Waals surface area contributed by atoms with Crippen molar-refractivity contribution in [3.05, 3.63) is 23.8 Å². The third kappa shape index (κ3) is 3.22. The van der Waals surface area contributed by atoms with Crippen molar-refractivity contribution in [2.24, 2.45) is 0 Å². The summed E-state index contributed by atoms with van der Waals surface area (Å²) in [5, 5.41) is 0. The van der Waals surface area contributed by atoms with Gasteiger partial charge >= 0.3 is 6.18 Å². The molecule has 1 saturated heterocycles. The summed E-state index contributed by atoms with van der Waals surface area (Å²) in [7, 11) is -2.85. The number of methoxy groups -OCH3 is 1. The molecule has 0 aliphatic carbocycles. The summed E-state index contributed by atoms with van der Waals surface area (Å²) in [6.07, 6.45) is -3.98. The molecule has 1 aliphatic rings. The number of alkyl halides is 3. The minimum atomic E-state index is -4.57. The van der Waals surface area contributed by atoms with Crippen molar-refractivity contribution in [2.75, 3.05) is 13.7 Å². The molecule has 1 heterocycles. The van der Waals surface area contributed by atoms with Crippen LogP contribution >= 0.6 is 0 Å². The van der Waals surface area contributed by atoms with E-state index in [9.17, 15) is 21.6 Å². The zero-order valence-electron chi connectivity index (χ0n) is 12.4. The summed E-state index contributed by atoms with van der Waals surface area (Å²) in [5.74, 6) is 0.296. The number of nitrogens with zero attached hydrogens (tertiary/aromatic N) is 1. The molecule has 1 atom stereocenters. The molecule has 1 aromatic carbocycles. The van der Waals surface area contributed by atoms with Crippen molar-refractivity contribution in [3.8, 4) is 5.75 Å². The Bertz CT molecular complexity index is 643. The molecule has 4 nitrogen and oxygen atoms in total. The van der Waals surface area contributed by atoms with Crippen molar-refractivity contribution < 1.29 is 26.3 Å². The van der Waals surface area contributed by atoms with Crippen LogP contribution in [0.25, 0.3) is 0 Å². The van der Waals surface area contributed by atoms with Gasteiger partial charge in [0.1, 0.15) is 11.8 Å². The first-order valence-corrected chi connectivity index (χ1v) is 8.35. The van der Waals surface area contributed by atoms with Gasteiger partial charge in [-0.05, 0) is 31.4 Å². The van der Waals surface area contributed by atoms with Crippen LogP contribution in [0.15, 0.2) is 23.1 Å². The predicted octanol–water partition coefficient (Wildman–Crippen LogP) is 3.11. The Labute approximate surface area is 127 Å². The Morgan fingerprint density at radius 2 is 1.95 bits per heavy atom. The van der Waals surface area contributed by atoms with Gasteiger partial charge in [-0.25, -0.2) is 8.42 Å². The van der Waals surface area contributed by atoms with Crippen molar-refractivity contribution in [3.63, 3.8) is 0 Å². The second-order valence-electron chi connectivity index (χ2n) is 5.30. The average Bonchev–Trinajstić information content (AvgIpc) is 2.46. The molecule has 124 valence electrons. The molecule has 1 aliphatic heterocycles. The molecule has 0 saturated carbocycles. The second kappa shape index (κ2) is 6.08. The largest absolute Gasteiger partial charge is 0.497 e. The quantitative estimate of drug-likeness (QED) is 0.851. The lowest BCUT2D eigenvalue weighted by Crippen LogP contribution is -2.51. The van der Waals surface area contributed by atoms with E-state index in [2.05, 4.69) is 0 Å². The van der Waals surface area contributed by atoms with E-state index in [0.717, 1.165) is 0 Å². The Morgan fingerprint density at radius 1 is 1.27 bits per heavy atom. The van der Waals surface area contributed by atoms with Crippen LogP contribution in [0.1, 0.15) is 24.8 Å². The first-order chi connectivity index (χ1) is 10.2. The van der Waals surface area contributed by atoms with Gasteiger partial charge < -0.3 is 4.74 Å². The van der Waals surface area contributed by atoms with Crippen LogP contribution in [0.2, 0.25) is 0 Å². The van der Waals surface area contributed by atoms with Gasteiger partial charge in [0, 0.05) is 12.6 Å². The van der Waals surface area contributed by atoms with E-state index in [-0.39, 0.29) is 17.9 Å². The summed E-state index contributed by atoms with van der Waals surface area (Å²) < 4.78 is 70.4. The van der Waals surface area contributed by atoms with E-state index in [1.165, 1.54) is 19.2 Å². The second-order valence-corrected chi connectivity index (χ2v) is 7.16. The molecule has 0 N–H and O–H groups in total. The normalized spacial score (nSPS) is 20.9. The molecule has 0 bridgehead atoms. The number of hydrogen-bond acceptors (Lipinski definition) is 3. The maximum atomic E-state index is 13.2. The molecule has 0 amide bonds. The number of benzene rings is 1. The van der Waals surface area contributed by atoms with Gasteiger partial charge in [-0.15, -0.1) is 0 Å². The van der Waals surface area contributed by atoms with E-state index in [0.29, 0.717) is 28.5 Å². The molecule has 1 fully saturated rings. The molecular formula is C14H18F3NO3S. The zero-order valence-corrected chi connectivity index (χ0v) is 13.2. The van der Waals surface area contributed by atoms with Crippen LogP contribution in [0.4, 0.5) is 13.2 Å². The van der Waals surface area contributed by atoms with Gasteiger partial charge in [-0.3, -0.25) is 0 Å². The average molecular weight is 337 g/mol. The molecule has 1 unspecified atom stereocenters. The van der Waals surface area contributed by atoms with Crippen molar-refractivity contribution in [1.29, 1.82) is 0 Å². The lowest BCUT2D eigenvalue weighted by molar-refractivity contribution is -0.177. The lowest BCUT2D eigenvalue weighted by Gasteiger charge is -2.36. The van der Waals surface area contributed by atoms with Gasteiger partial charge in [0.05, 0.1) is 12.0 Å². The third-order valence-corrected chi connectivity index (χ3v) is 5.86. The molecule has 0 spiro atoms. The Hall–Kier alpha value is -1.28. The van der Waals surface area contributed by atoms with Crippen LogP contribution in [0, 0.1) is 6.92 Å². The highest BCUT2D eigenvalue weighted by Crippen LogP contribution is 2.36. The van der Waals surface area contributed by atoms with E-state index < -0.39 is 22.2 Å². The highest BCUT2D eigenvalue weighted by atomic mass is 32.2. The number of aryl methyl sites for hydroxylation is 1. The highest BCUT2D eigenvalue weighted by molar-refractivity contribution is 7.89. The molecule has 0 aromatic heterocycles. The standard InChI is InChI=1S/C14H18F3NO3S/c1-10-6-7-11(21-2)9-12(10)22(19,20)18-8-4-3-5-13(18)14(15,16)17/h6-7,9,13H,3-5,8H2,1-2H3. The van der Waals surface area contributed by atoms with Crippen LogP contribution < -0.4 is 4.74 Å². The molecule has 0 radical (unpaired) electrons. The Balaban J connectivity index is 2.48. The van der Waals surface area contributed by atoms with Gasteiger partial charge in [0.2, 0.25) is 10.0 Å². The van der Waals surface area contributed by atoms with Crippen molar-refractivity contribution in [2.45, 2.75) is 43.3 Å². The lowest BCUT2D eigenvalue weighted by atomic mass is 10.0. The fraction of sp³-hybridized carbons (Fsp3) is 0.571. The van der Waals surface area contributed by atoms with E-state index >= 15 is 0 Å². The van der Waals surface area contributed by atoms with Crippen LogP contribution in [-0.2, 0) is 10.0 Å². The predicted molar refractivity (Wildman–Crippen MR) is 75.3 cm³/mol. The maximum Gasteiger partial charge on any atom is 0.405 e. The Kier molecular flexibility index (Phi) is 4.72. The van der Waals surface area contributed by atoms with Gasteiger partial charge in [-0.1, -0.05) is 12.5 Å². The number of rotatable bonds is 3. The molecule has 22 heavy (non-hydrogen) atoms. The molecule has 8 heteroatoms. The van der Waals surface area contributed by atoms with Gasteiger partial charge in [-0.2, -0.15) is 17.5 Å². The number of ether oxygens (including phenoxy) is 1. The summed E-state index contributed by atoms with van der Waals surface area (Å²) in [4.78, 5) is -0.136. The number of hydrogen-bond donors (Lipinski definition) is 0. The van der Waals surface area contributed by atoms with Crippen LogP contribution in [0.3, 0.4) is 0 Å². The summed E-state index contributed by atoms with van der Waals surface area (Å²) in [6.45, 7) is 1.43. The van der Waals surface area contributed by atoms with Crippen molar-refractivity contribution >= 4 is 10.0 Å². The topological polar surface area (TPSA) is 46.6 Å². The minimum Gasteiger partial charge on any atom is -0.497 e. The zero-order chi connectivity index (χ0) is 16.5. The van der Waals surface area contributed by atoms with E-state index in [4.69, 9.17) is 4.74 Å². The monoisotopic (exact) mass is 337 g/mol. The van der Waals surface area contributed by atoms with E-state index in [1.807, 2.05) is 0 Å². The minimum absolute atomic E-state index is 0.122. The fourth-order valence-electron chi connectivity index (χ4n) is 2.63. The molecule has 1 aromatic rings. The smallest absolute Gasteiger partial charge is 0.405 e. The third-order valence-electron chi connectivity index (χ3n) is 3.81. The first kappa shape index (κ1) is 17.1. The maximum absolute atomic E-state index is 13.2. The first-order valence-electron chi connectivity index (χ1n) is 6.91. The number of piperidine rings is 1. The van der Waals surface area contributed by atoms with Gasteiger partial charge in [0.25, 0.3) is 0 Å². The summed E-state index contributed by atoms with van der Waals surface area (Å²) in [6, 6.07) is 2.41. The van der Waals surface area contributed by atoms with Gasteiger partial charge in [0.15, 0.2) is 0 Å². The molecular weight excluding hydrogens is 319 g/mol. The number of halogens is 3.